The fraction of sp³-hybridized carbons (Fsp3) is 0.375. The van der Waals surface area contributed by atoms with Crippen molar-refractivity contribution in [3.05, 3.63) is 69.4 Å². The Morgan fingerprint density at radius 1 is 1.19 bits per heavy atom. The van der Waals surface area contributed by atoms with E-state index in [1.807, 2.05) is 63.5 Å². The van der Waals surface area contributed by atoms with Gasteiger partial charge in [0.25, 0.3) is 11.8 Å². The summed E-state index contributed by atoms with van der Waals surface area (Å²) in [6.07, 6.45) is 4.54. The van der Waals surface area contributed by atoms with Gasteiger partial charge in [-0.1, -0.05) is 42.1 Å². The van der Waals surface area contributed by atoms with E-state index in [0.29, 0.717) is 24.7 Å². The molecular weight excluding hydrogens is 458 g/mol. The molecule has 0 unspecified atom stereocenters. The zero-order chi connectivity index (χ0) is 22.5. The normalized spacial score (nSPS) is 15.5. The number of piperidine rings is 1. The average Bonchev–Trinajstić information content (AvgIpc) is 3.54. The van der Waals surface area contributed by atoms with Crippen LogP contribution in [0.3, 0.4) is 0 Å². The number of nitrogens with zero attached hydrogens (tertiary/aromatic N) is 3. The second kappa shape index (κ2) is 10.6. The fourth-order valence-electron chi connectivity index (χ4n) is 4.31. The monoisotopic (exact) mass is 485 g/mol. The molecule has 1 atom stereocenters. The molecule has 0 spiro atoms. The van der Waals surface area contributed by atoms with Crippen molar-refractivity contribution in [2.24, 2.45) is 5.92 Å². The highest BCUT2D eigenvalue weighted by Gasteiger charge is 2.33. The van der Waals surface area contributed by atoms with Gasteiger partial charge in [-0.05, 0) is 48.4 Å². The Morgan fingerprint density at radius 2 is 1.94 bits per heavy atom. The molecule has 8 heteroatoms. The number of likely N-dealkylation sites (N-methyl/N-ethyl adjacent to an activating group) is 1. The summed E-state index contributed by atoms with van der Waals surface area (Å²) in [4.78, 5) is 34.3. The second-order valence-corrected chi connectivity index (χ2v) is 10.7. The van der Waals surface area contributed by atoms with E-state index in [0.717, 1.165) is 29.2 Å². The summed E-state index contributed by atoms with van der Waals surface area (Å²) in [5, 5.41) is 5.71. The summed E-state index contributed by atoms with van der Waals surface area (Å²) in [5.41, 5.74) is 2.52. The van der Waals surface area contributed by atoms with E-state index in [2.05, 4.69) is 17.1 Å². The topological polar surface area (TPSA) is 53.5 Å². The summed E-state index contributed by atoms with van der Waals surface area (Å²) in [6, 6.07) is 12.3. The Hall–Kier alpha value is -2.16. The standard InChI is InChI=1S/C24H27N3O2S3/c1-26(22(28)19-10-13-31-15-19)21(14-17-6-4-3-5-7-17)18-8-11-27(12-9-18)23(29)20-16-32-24(25-20)30-2/h3-7,10,13,15-16,18,21H,8-9,11-12,14H2,1-2H3/t21-/m0/s1. The first-order valence-electron chi connectivity index (χ1n) is 10.7. The van der Waals surface area contributed by atoms with Crippen LogP contribution in [0.1, 0.15) is 39.3 Å². The number of benzene rings is 1. The van der Waals surface area contributed by atoms with Crippen LogP contribution in [-0.4, -0.2) is 59.0 Å². The Morgan fingerprint density at radius 3 is 2.56 bits per heavy atom. The predicted octanol–water partition coefficient (Wildman–Crippen LogP) is 5.16. The molecule has 5 nitrogen and oxygen atoms in total. The molecule has 168 valence electrons. The lowest BCUT2D eigenvalue weighted by Gasteiger charge is -2.40. The predicted molar refractivity (Wildman–Crippen MR) is 133 cm³/mol. The lowest BCUT2D eigenvalue weighted by Crippen LogP contribution is -2.48. The van der Waals surface area contributed by atoms with E-state index >= 15 is 0 Å². The van der Waals surface area contributed by atoms with Gasteiger partial charge in [-0.25, -0.2) is 4.98 Å². The van der Waals surface area contributed by atoms with Gasteiger partial charge in [0.05, 0.1) is 5.56 Å². The van der Waals surface area contributed by atoms with E-state index in [4.69, 9.17) is 0 Å². The minimum atomic E-state index is 0.0160. The molecule has 2 amide bonds. The summed E-state index contributed by atoms with van der Waals surface area (Å²) in [5.74, 6) is 0.420. The Labute approximate surface area is 201 Å². The van der Waals surface area contributed by atoms with Gasteiger partial charge in [-0.15, -0.1) is 11.3 Å². The molecule has 0 bridgehead atoms. The van der Waals surface area contributed by atoms with Gasteiger partial charge < -0.3 is 9.80 Å². The zero-order valence-corrected chi connectivity index (χ0v) is 20.7. The van der Waals surface area contributed by atoms with Gasteiger partial charge in [0.2, 0.25) is 0 Å². The third-order valence-corrected chi connectivity index (χ3v) is 8.67. The van der Waals surface area contributed by atoms with Crippen LogP contribution in [0, 0.1) is 5.92 Å². The lowest BCUT2D eigenvalue weighted by atomic mass is 9.84. The van der Waals surface area contributed by atoms with E-state index < -0.39 is 0 Å². The van der Waals surface area contributed by atoms with Gasteiger partial charge in [-0.3, -0.25) is 9.59 Å². The minimum Gasteiger partial charge on any atom is -0.338 e. The molecule has 0 saturated carbocycles. The number of aromatic nitrogens is 1. The van der Waals surface area contributed by atoms with Crippen LogP contribution in [0.2, 0.25) is 0 Å². The molecule has 0 N–H and O–H groups in total. The number of hydrogen-bond acceptors (Lipinski definition) is 6. The average molecular weight is 486 g/mol. The molecule has 1 aromatic carbocycles. The number of likely N-dealkylation sites (tertiary alicyclic amines) is 1. The molecule has 1 aliphatic rings. The molecule has 0 radical (unpaired) electrons. The van der Waals surface area contributed by atoms with Crippen molar-refractivity contribution >= 4 is 46.2 Å². The number of amides is 2. The summed E-state index contributed by atoms with van der Waals surface area (Å²) in [6.45, 7) is 1.39. The van der Waals surface area contributed by atoms with E-state index in [1.165, 1.54) is 16.9 Å². The number of carbonyl (C=O) groups excluding carboxylic acids is 2. The Bertz CT molecular complexity index is 1030. The SMILES string of the molecule is CSc1nc(C(=O)N2CCC([C@H](Cc3ccccc3)N(C)C(=O)c3ccsc3)CC2)cs1. The van der Waals surface area contributed by atoms with Gasteiger partial charge in [0.15, 0.2) is 0 Å². The Balaban J connectivity index is 1.46. The van der Waals surface area contributed by atoms with Crippen molar-refractivity contribution in [3.63, 3.8) is 0 Å². The molecule has 1 saturated heterocycles. The number of thiophene rings is 1. The summed E-state index contributed by atoms with van der Waals surface area (Å²) in [7, 11) is 1.92. The molecule has 32 heavy (non-hydrogen) atoms. The van der Waals surface area contributed by atoms with Crippen LogP contribution >= 0.6 is 34.4 Å². The smallest absolute Gasteiger partial charge is 0.273 e. The molecule has 0 aliphatic carbocycles. The first kappa shape index (κ1) is 23.0. The zero-order valence-electron chi connectivity index (χ0n) is 18.3. The van der Waals surface area contributed by atoms with Crippen LogP contribution < -0.4 is 0 Å². The number of carbonyl (C=O) groups is 2. The molecule has 1 fully saturated rings. The maximum absolute atomic E-state index is 13.1. The Kier molecular flexibility index (Phi) is 7.65. The van der Waals surface area contributed by atoms with Crippen molar-refractivity contribution in [1.29, 1.82) is 0 Å². The number of hydrogen-bond donors (Lipinski definition) is 0. The van der Waals surface area contributed by atoms with Gasteiger partial charge in [-0.2, -0.15) is 11.3 Å². The molecule has 4 rings (SSSR count). The van der Waals surface area contributed by atoms with E-state index in [1.54, 1.807) is 23.1 Å². The molecule has 3 aromatic rings. The van der Waals surface area contributed by atoms with Gasteiger partial charge in [0, 0.05) is 36.9 Å². The van der Waals surface area contributed by atoms with Gasteiger partial charge >= 0.3 is 0 Å². The van der Waals surface area contributed by atoms with Crippen molar-refractivity contribution in [3.8, 4) is 0 Å². The number of thioether (sulfide) groups is 1. The van der Waals surface area contributed by atoms with Crippen LogP contribution in [0.15, 0.2) is 56.9 Å². The summed E-state index contributed by atoms with van der Waals surface area (Å²) < 4.78 is 0.916. The first-order chi connectivity index (χ1) is 15.6. The second-order valence-electron chi connectivity index (χ2n) is 8.02. The van der Waals surface area contributed by atoms with Crippen LogP contribution in [-0.2, 0) is 6.42 Å². The van der Waals surface area contributed by atoms with Crippen LogP contribution in [0.4, 0.5) is 0 Å². The largest absolute Gasteiger partial charge is 0.338 e. The number of thiazole rings is 1. The maximum Gasteiger partial charge on any atom is 0.273 e. The molecule has 2 aromatic heterocycles. The highest BCUT2D eigenvalue weighted by atomic mass is 32.2. The third-order valence-electron chi connectivity index (χ3n) is 6.12. The fourth-order valence-corrected chi connectivity index (χ4v) is 6.18. The van der Waals surface area contributed by atoms with E-state index in [-0.39, 0.29) is 17.9 Å². The van der Waals surface area contributed by atoms with Gasteiger partial charge in [0.1, 0.15) is 10.0 Å². The van der Waals surface area contributed by atoms with Crippen LogP contribution in [0.5, 0.6) is 0 Å². The third kappa shape index (κ3) is 5.24. The quantitative estimate of drug-likeness (QED) is 0.434. The van der Waals surface area contributed by atoms with Crippen molar-refractivity contribution in [2.75, 3.05) is 26.4 Å². The van der Waals surface area contributed by atoms with Crippen molar-refractivity contribution < 1.29 is 9.59 Å². The molecule has 3 heterocycles. The first-order valence-corrected chi connectivity index (χ1v) is 13.7. The maximum atomic E-state index is 13.1. The summed E-state index contributed by atoms with van der Waals surface area (Å²) >= 11 is 4.62. The lowest BCUT2D eigenvalue weighted by molar-refractivity contribution is 0.0520. The van der Waals surface area contributed by atoms with Crippen LogP contribution in [0.25, 0.3) is 0 Å². The highest BCUT2D eigenvalue weighted by molar-refractivity contribution is 8.00. The highest BCUT2D eigenvalue weighted by Crippen LogP contribution is 2.29. The minimum absolute atomic E-state index is 0.0160. The molecular formula is C24H27N3O2S3. The number of rotatable bonds is 7. The van der Waals surface area contributed by atoms with Crippen molar-refractivity contribution in [1.82, 2.24) is 14.8 Å². The van der Waals surface area contributed by atoms with Crippen molar-refractivity contribution in [2.45, 2.75) is 29.6 Å². The molecule has 1 aliphatic heterocycles. The van der Waals surface area contributed by atoms with E-state index in [9.17, 15) is 9.59 Å².